The minimum Gasteiger partial charge on any atom is -0.389 e. The number of unbranched alkanes of at least 4 members (excludes halogenated alkanes) is 1. The number of hydrogen-bond donors (Lipinski definition) is 1. The minimum absolute atomic E-state index is 0.273. The van der Waals surface area contributed by atoms with E-state index < -0.39 is 5.60 Å². The van der Waals surface area contributed by atoms with Gasteiger partial charge in [0.2, 0.25) is 0 Å². The predicted octanol–water partition coefficient (Wildman–Crippen LogP) is 4.11. The first-order valence-corrected chi connectivity index (χ1v) is 6.86. The van der Waals surface area contributed by atoms with Crippen LogP contribution in [0.4, 0.5) is 0 Å². The van der Waals surface area contributed by atoms with Crippen LogP contribution in [0.15, 0.2) is 35.2 Å². The Labute approximate surface area is 103 Å². The third-order valence-corrected chi connectivity index (χ3v) is 4.27. The van der Waals surface area contributed by atoms with E-state index >= 15 is 0 Å². The van der Waals surface area contributed by atoms with Crippen LogP contribution in [0.1, 0.15) is 40.0 Å². The van der Waals surface area contributed by atoms with E-state index in [-0.39, 0.29) is 5.25 Å². The highest BCUT2D eigenvalue weighted by atomic mass is 32.2. The summed E-state index contributed by atoms with van der Waals surface area (Å²) in [7, 11) is 0. The lowest BCUT2D eigenvalue weighted by Gasteiger charge is -2.28. The zero-order valence-corrected chi connectivity index (χ0v) is 11.3. The number of benzene rings is 1. The summed E-state index contributed by atoms with van der Waals surface area (Å²) in [5, 5.41) is 10.4. The van der Waals surface area contributed by atoms with Crippen LogP contribution in [-0.2, 0) is 0 Å². The van der Waals surface area contributed by atoms with E-state index in [0.29, 0.717) is 0 Å². The Hall–Kier alpha value is -0.470. The predicted molar refractivity (Wildman–Crippen MR) is 71.9 cm³/mol. The molecule has 0 aliphatic heterocycles. The molecule has 0 spiro atoms. The Balaban J connectivity index is 2.64. The van der Waals surface area contributed by atoms with E-state index in [1.807, 2.05) is 32.0 Å². The van der Waals surface area contributed by atoms with Gasteiger partial charge in [0.15, 0.2) is 0 Å². The molecule has 0 fully saturated rings. The number of rotatable bonds is 6. The largest absolute Gasteiger partial charge is 0.389 e. The van der Waals surface area contributed by atoms with Crippen molar-refractivity contribution in [2.45, 2.75) is 55.8 Å². The van der Waals surface area contributed by atoms with Crippen molar-refractivity contribution in [2.75, 3.05) is 0 Å². The lowest BCUT2D eigenvalue weighted by atomic mass is 10.0. The van der Waals surface area contributed by atoms with Gasteiger partial charge >= 0.3 is 0 Å². The summed E-state index contributed by atoms with van der Waals surface area (Å²) in [6.45, 7) is 6.00. The maximum absolute atomic E-state index is 10.1. The Kier molecular flexibility index (Phi) is 5.36. The summed E-state index contributed by atoms with van der Waals surface area (Å²) in [5.41, 5.74) is -0.615. The van der Waals surface area contributed by atoms with E-state index in [0.717, 1.165) is 6.42 Å². The first kappa shape index (κ1) is 13.6. The quantitative estimate of drug-likeness (QED) is 0.753. The number of aliphatic hydroxyl groups is 1. The summed E-state index contributed by atoms with van der Waals surface area (Å²) in [5.74, 6) is 0. The van der Waals surface area contributed by atoms with Crippen LogP contribution in [0.3, 0.4) is 0 Å². The first-order valence-electron chi connectivity index (χ1n) is 5.98. The maximum Gasteiger partial charge on any atom is 0.0713 e. The van der Waals surface area contributed by atoms with Gasteiger partial charge in [-0.25, -0.2) is 0 Å². The lowest BCUT2D eigenvalue weighted by molar-refractivity contribution is 0.0747. The van der Waals surface area contributed by atoms with Gasteiger partial charge in [0, 0.05) is 10.1 Å². The second-order valence-electron chi connectivity index (χ2n) is 4.72. The molecule has 1 unspecified atom stereocenters. The van der Waals surface area contributed by atoms with Crippen molar-refractivity contribution in [3.05, 3.63) is 30.3 Å². The molecule has 1 nitrogen and oxygen atoms in total. The molecule has 0 aromatic heterocycles. The van der Waals surface area contributed by atoms with Crippen molar-refractivity contribution >= 4 is 11.8 Å². The minimum atomic E-state index is -0.615. The van der Waals surface area contributed by atoms with Crippen molar-refractivity contribution in [1.29, 1.82) is 0 Å². The van der Waals surface area contributed by atoms with Crippen LogP contribution < -0.4 is 0 Å². The molecular weight excluding hydrogens is 216 g/mol. The fraction of sp³-hybridized carbons (Fsp3) is 0.571. The summed E-state index contributed by atoms with van der Waals surface area (Å²) < 4.78 is 0. The smallest absolute Gasteiger partial charge is 0.0713 e. The fourth-order valence-corrected chi connectivity index (χ4v) is 2.82. The third-order valence-electron chi connectivity index (χ3n) is 2.63. The van der Waals surface area contributed by atoms with Crippen molar-refractivity contribution in [1.82, 2.24) is 0 Å². The zero-order chi connectivity index (χ0) is 12.0. The van der Waals surface area contributed by atoms with Crippen LogP contribution in [0.5, 0.6) is 0 Å². The molecule has 0 amide bonds. The second-order valence-corrected chi connectivity index (χ2v) is 5.99. The highest BCUT2D eigenvalue weighted by molar-refractivity contribution is 8.00. The van der Waals surface area contributed by atoms with Crippen molar-refractivity contribution in [3.63, 3.8) is 0 Å². The topological polar surface area (TPSA) is 20.2 Å². The molecule has 0 radical (unpaired) electrons. The zero-order valence-electron chi connectivity index (χ0n) is 10.4. The summed E-state index contributed by atoms with van der Waals surface area (Å²) >= 11 is 1.79. The molecule has 1 aromatic carbocycles. The highest BCUT2D eigenvalue weighted by Gasteiger charge is 2.26. The Morgan fingerprint density at radius 3 is 2.38 bits per heavy atom. The summed E-state index contributed by atoms with van der Waals surface area (Å²) in [6, 6.07) is 10.3. The van der Waals surface area contributed by atoms with Gasteiger partial charge in [-0.05, 0) is 32.4 Å². The second kappa shape index (κ2) is 6.31. The summed E-state index contributed by atoms with van der Waals surface area (Å²) in [6.07, 6.45) is 3.43. The molecule has 0 aliphatic carbocycles. The van der Waals surface area contributed by atoms with Gasteiger partial charge in [-0.1, -0.05) is 38.0 Å². The molecule has 0 aliphatic rings. The van der Waals surface area contributed by atoms with Crippen molar-refractivity contribution in [3.8, 4) is 0 Å². The average Bonchev–Trinajstić information content (AvgIpc) is 2.24. The normalized spacial score (nSPS) is 13.8. The molecule has 0 saturated heterocycles. The van der Waals surface area contributed by atoms with Crippen molar-refractivity contribution < 1.29 is 5.11 Å². The maximum atomic E-state index is 10.1. The van der Waals surface area contributed by atoms with Gasteiger partial charge < -0.3 is 5.11 Å². The fourth-order valence-electron chi connectivity index (χ4n) is 1.61. The van der Waals surface area contributed by atoms with Gasteiger partial charge in [0.25, 0.3) is 0 Å². The van der Waals surface area contributed by atoms with Crippen molar-refractivity contribution in [2.24, 2.45) is 0 Å². The van der Waals surface area contributed by atoms with Gasteiger partial charge in [-0.2, -0.15) is 0 Å². The number of hydrogen-bond acceptors (Lipinski definition) is 2. The molecular formula is C14H22OS. The monoisotopic (exact) mass is 238 g/mol. The highest BCUT2D eigenvalue weighted by Crippen LogP contribution is 2.33. The lowest BCUT2D eigenvalue weighted by Crippen LogP contribution is -2.33. The van der Waals surface area contributed by atoms with E-state index in [9.17, 15) is 5.11 Å². The molecule has 1 N–H and O–H groups in total. The molecule has 1 rings (SSSR count). The van der Waals surface area contributed by atoms with E-state index in [1.165, 1.54) is 17.7 Å². The molecule has 2 heteroatoms. The average molecular weight is 238 g/mol. The Morgan fingerprint density at radius 1 is 1.25 bits per heavy atom. The Bertz CT molecular complexity index is 289. The molecule has 0 bridgehead atoms. The van der Waals surface area contributed by atoms with Gasteiger partial charge in [-0.3, -0.25) is 0 Å². The summed E-state index contributed by atoms with van der Waals surface area (Å²) in [4.78, 5) is 1.24. The van der Waals surface area contributed by atoms with Crippen LogP contribution in [0.2, 0.25) is 0 Å². The van der Waals surface area contributed by atoms with Crippen LogP contribution in [-0.4, -0.2) is 16.0 Å². The molecule has 0 heterocycles. The van der Waals surface area contributed by atoms with Gasteiger partial charge in [-0.15, -0.1) is 11.8 Å². The third kappa shape index (κ3) is 4.58. The molecule has 90 valence electrons. The van der Waals surface area contributed by atoms with Gasteiger partial charge in [0.05, 0.1) is 5.60 Å². The van der Waals surface area contributed by atoms with Gasteiger partial charge in [0.1, 0.15) is 0 Å². The molecule has 16 heavy (non-hydrogen) atoms. The van der Waals surface area contributed by atoms with Crippen LogP contribution >= 0.6 is 11.8 Å². The van der Waals surface area contributed by atoms with E-state index in [4.69, 9.17) is 0 Å². The molecule has 1 aromatic rings. The van der Waals surface area contributed by atoms with E-state index in [2.05, 4.69) is 19.1 Å². The first-order chi connectivity index (χ1) is 7.54. The Morgan fingerprint density at radius 2 is 1.88 bits per heavy atom. The standard InChI is InChI=1S/C14H22OS/c1-4-5-11-13(14(2,3)15)16-12-9-7-6-8-10-12/h6-10,13,15H,4-5,11H2,1-3H3. The van der Waals surface area contributed by atoms with Crippen LogP contribution in [0, 0.1) is 0 Å². The van der Waals surface area contributed by atoms with Crippen LogP contribution in [0.25, 0.3) is 0 Å². The SMILES string of the molecule is CCCCC(Sc1ccccc1)C(C)(C)O. The number of thioether (sulfide) groups is 1. The van der Waals surface area contributed by atoms with E-state index in [1.54, 1.807) is 11.8 Å². The molecule has 1 atom stereocenters. The molecule has 0 saturated carbocycles.